The molecule has 0 radical (unpaired) electrons. The van der Waals surface area contributed by atoms with Crippen molar-refractivity contribution >= 4 is 6.09 Å². The first kappa shape index (κ1) is 17.5. The zero-order valence-corrected chi connectivity index (χ0v) is 14.1. The molecule has 0 saturated carbocycles. The summed E-state index contributed by atoms with van der Waals surface area (Å²) in [6.07, 6.45) is 1.45. The van der Waals surface area contributed by atoms with Crippen LogP contribution in [0.3, 0.4) is 0 Å². The Morgan fingerprint density at radius 1 is 1.23 bits per heavy atom. The Morgan fingerprint density at radius 3 is 2.36 bits per heavy atom. The van der Waals surface area contributed by atoms with Gasteiger partial charge >= 0.3 is 6.09 Å². The molecule has 0 bridgehead atoms. The summed E-state index contributed by atoms with van der Waals surface area (Å²) in [6, 6.07) is -0.287. The summed E-state index contributed by atoms with van der Waals surface area (Å²) < 4.78 is 0. The number of aliphatic hydroxyl groups excluding tert-OH is 1. The van der Waals surface area contributed by atoms with Crippen molar-refractivity contribution in [3.05, 3.63) is 0 Å². The molecule has 0 aliphatic carbocycles. The normalized spacial score (nSPS) is 28.8. The van der Waals surface area contributed by atoms with Crippen molar-refractivity contribution in [2.24, 2.45) is 11.3 Å². The van der Waals surface area contributed by atoms with Crippen LogP contribution in [0, 0.1) is 11.3 Å². The van der Waals surface area contributed by atoms with Gasteiger partial charge in [-0.05, 0) is 37.3 Å². The molecule has 2 saturated heterocycles. The van der Waals surface area contributed by atoms with Crippen LogP contribution in [-0.4, -0.2) is 77.5 Å². The van der Waals surface area contributed by atoms with E-state index in [1.807, 2.05) is 0 Å². The lowest BCUT2D eigenvalue weighted by atomic mass is 9.79. The van der Waals surface area contributed by atoms with Gasteiger partial charge in [0.15, 0.2) is 0 Å². The van der Waals surface area contributed by atoms with Crippen LogP contribution in [0.25, 0.3) is 0 Å². The van der Waals surface area contributed by atoms with Gasteiger partial charge in [-0.3, -0.25) is 4.90 Å². The van der Waals surface area contributed by atoms with Gasteiger partial charge in [0.1, 0.15) is 0 Å². The Kier molecular flexibility index (Phi) is 5.69. The molecule has 1 amide bonds. The van der Waals surface area contributed by atoms with Gasteiger partial charge in [-0.1, -0.05) is 20.8 Å². The van der Waals surface area contributed by atoms with Gasteiger partial charge in [0.25, 0.3) is 0 Å². The van der Waals surface area contributed by atoms with E-state index in [9.17, 15) is 15.0 Å². The number of carbonyl (C=O) groups is 1. The number of nitrogens with one attached hydrogen (secondary N) is 1. The van der Waals surface area contributed by atoms with Gasteiger partial charge < -0.3 is 20.4 Å². The van der Waals surface area contributed by atoms with E-state index >= 15 is 0 Å². The molecular formula is C16H31N3O3. The van der Waals surface area contributed by atoms with Crippen LogP contribution in [0.5, 0.6) is 0 Å². The minimum Gasteiger partial charge on any atom is -0.465 e. The molecule has 2 fully saturated rings. The van der Waals surface area contributed by atoms with Gasteiger partial charge in [0.05, 0.1) is 18.7 Å². The number of piperidine rings is 1. The van der Waals surface area contributed by atoms with E-state index in [1.165, 1.54) is 4.90 Å². The predicted octanol–water partition coefficient (Wildman–Crippen LogP) is 1.06. The van der Waals surface area contributed by atoms with Crippen molar-refractivity contribution in [3.63, 3.8) is 0 Å². The van der Waals surface area contributed by atoms with Crippen molar-refractivity contribution in [3.8, 4) is 0 Å². The molecule has 2 heterocycles. The van der Waals surface area contributed by atoms with Crippen LogP contribution in [0.2, 0.25) is 0 Å². The van der Waals surface area contributed by atoms with Gasteiger partial charge in [-0.2, -0.15) is 0 Å². The summed E-state index contributed by atoms with van der Waals surface area (Å²) in [7, 11) is 0. The third kappa shape index (κ3) is 3.91. The second-order valence-corrected chi connectivity index (χ2v) is 7.73. The van der Waals surface area contributed by atoms with Crippen LogP contribution >= 0.6 is 0 Å². The number of rotatable bonds is 3. The van der Waals surface area contributed by atoms with Crippen LogP contribution in [0.1, 0.15) is 33.6 Å². The second-order valence-electron chi connectivity index (χ2n) is 7.73. The third-order valence-corrected chi connectivity index (χ3v) is 5.07. The second kappa shape index (κ2) is 7.15. The molecule has 0 aromatic carbocycles. The van der Waals surface area contributed by atoms with Crippen LogP contribution in [0.4, 0.5) is 4.79 Å². The minimum absolute atomic E-state index is 0.0106. The van der Waals surface area contributed by atoms with Crippen molar-refractivity contribution in [2.75, 3.05) is 39.3 Å². The maximum absolute atomic E-state index is 11.6. The molecule has 0 aromatic heterocycles. The number of aliphatic hydroxyl groups is 1. The summed E-state index contributed by atoms with van der Waals surface area (Å²) in [4.78, 5) is 15.4. The maximum atomic E-state index is 11.6. The number of nitrogens with zero attached hydrogens (tertiary/aromatic N) is 2. The molecule has 22 heavy (non-hydrogen) atoms. The quantitative estimate of drug-likeness (QED) is 0.726. The predicted molar refractivity (Wildman–Crippen MR) is 86.0 cm³/mol. The summed E-state index contributed by atoms with van der Waals surface area (Å²) in [5.41, 5.74) is -0.196. The standard InChI is InChI=1S/C16H31N3O3/c1-16(2,3)14-13(11-20)18(8-9-19(14)15(21)22)10-12-4-6-17-7-5-12/h12-14,17,20H,4-11H2,1-3H3,(H,21,22). The fourth-order valence-electron chi connectivity index (χ4n) is 4.05. The third-order valence-electron chi connectivity index (χ3n) is 5.07. The number of hydrogen-bond donors (Lipinski definition) is 3. The maximum Gasteiger partial charge on any atom is 0.407 e. The summed E-state index contributed by atoms with van der Waals surface area (Å²) in [5, 5.41) is 22.8. The molecule has 2 aliphatic rings. The van der Waals surface area contributed by atoms with Gasteiger partial charge in [-0.25, -0.2) is 4.79 Å². The van der Waals surface area contributed by atoms with E-state index in [-0.39, 0.29) is 24.1 Å². The first-order valence-electron chi connectivity index (χ1n) is 8.39. The number of carboxylic acid groups (broad SMARTS) is 1. The largest absolute Gasteiger partial charge is 0.465 e. The smallest absolute Gasteiger partial charge is 0.407 e. The highest BCUT2D eigenvalue weighted by Gasteiger charge is 2.45. The highest BCUT2D eigenvalue weighted by atomic mass is 16.4. The summed E-state index contributed by atoms with van der Waals surface area (Å²) >= 11 is 0. The Labute approximate surface area is 133 Å². The number of hydrogen-bond acceptors (Lipinski definition) is 4. The Morgan fingerprint density at radius 2 is 1.86 bits per heavy atom. The van der Waals surface area contributed by atoms with E-state index in [4.69, 9.17) is 0 Å². The number of amides is 1. The first-order chi connectivity index (χ1) is 10.3. The lowest BCUT2D eigenvalue weighted by Crippen LogP contribution is -2.66. The molecule has 0 aromatic rings. The highest BCUT2D eigenvalue weighted by molar-refractivity contribution is 5.66. The molecule has 2 rings (SSSR count). The minimum atomic E-state index is -0.875. The van der Waals surface area contributed by atoms with Gasteiger partial charge in [0, 0.05) is 19.6 Å². The molecule has 2 unspecified atom stereocenters. The Hall–Kier alpha value is -0.850. The highest BCUT2D eigenvalue weighted by Crippen LogP contribution is 2.33. The topological polar surface area (TPSA) is 76.0 Å². The van der Waals surface area contributed by atoms with Gasteiger partial charge in [-0.15, -0.1) is 0 Å². The van der Waals surface area contributed by atoms with Crippen molar-refractivity contribution < 1.29 is 15.0 Å². The average molecular weight is 313 g/mol. The first-order valence-corrected chi connectivity index (χ1v) is 8.39. The zero-order chi connectivity index (χ0) is 16.3. The molecule has 2 aliphatic heterocycles. The Bertz CT molecular complexity index is 377. The zero-order valence-electron chi connectivity index (χ0n) is 14.1. The van der Waals surface area contributed by atoms with E-state index < -0.39 is 6.09 Å². The van der Waals surface area contributed by atoms with Gasteiger partial charge in [0.2, 0.25) is 0 Å². The monoisotopic (exact) mass is 313 g/mol. The van der Waals surface area contributed by atoms with E-state index in [0.29, 0.717) is 19.0 Å². The van der Waals surface area contributed by atoms with Crippen LogP contribution < -0.4 is 5.32 Å². The van der Waals surface area contributed by atoms with E-state index in [0.717, 1.165) is 32.5 Å². The van der Waals surface area contributed by atoms with Crippen LogP contribution in [0.15, 0.2) is 0 Å². The van der Waals surface area contributed by atoms with E-state index in [1.54, 1.807) is 0 Å². The fourth-order valence-corrected chi connectivity index (χ4v) is 4.05. The lowest BCUT2D eigenvalue weighted by Gasteiger charge is -2.51. The average Bonchev–Trinajstić information content (AvgIpc) is 2.46. The molecule has 2 atom stereocenters. The Balaban J connectivity index is 2.13. The molecule has 6 heteroatoms. The molecule has 0 spiro atoms. The van der Waals surface area contributed by atoms with Crippen molar-refractivity contribution in [1.29, 1.82) is 0 Å². The van der Waals surface area contributed by atoms with E-state index in [2.05, 4.69) is 31.0 Å². The van der Waals surface area contributed by atoms with Crippen molar-refractivity contribution in [2.45, 2.75) is 45.7 Å². The fraction of sp³-hybridized carbons (Fsp3) is 0.938. The summed E-state index contributed by atoms with van der Waals surface area (Å²) in [5.74, 6) is 0.646. The molecular weight excluding hydrogens is 282 g/mol. The SMILES string of the molecule is CC(C)(C)C1C(CO)N(CC2CCNCC2)CCN1C(=O)O. The molecule has 3 N–H and O–H groups in total. The lowest BCUT2D eigenvalue weighted by molar-refractivity contribution is -0.0469. The van der Waals surface area contributed by atoms with Crippen LogP contribution in [-0.2, 0) is 0 Å². The number of piperazine rings is 1. The summed E-state index contributed by atoms with van der Waals surface area (Å²) in [6.45, 7) is 10.5. The molecule has 6 nitrogen and oxygen atoms in total. The molecule has 128 valence electrons. The van der Waals surface area contributed by atoms with Crippen molar-refractivity contribution in [1.82, 2.24) is 15.1 Å².